The van der Waals surface area contributed by atoms with E-state index in [-0.39, 0.29) is 0 Å². The van der Waals surface area contributed by atoms with Crippen LogP contribution in [0.1, 0.15) is 12.8 Å². The lowest BCUT2D eigenvalue weighted by Gasteiger charge is -2.04. The van der Waals surface area contributed by atoms with Gasteiger partial charge in [-0.05, 0) is 29.5 Å². The second-order valence-corrected chi connectivity index (χ2v) is 5.80. The van der Waals surface area contributed by atoms with Crippen molar-refractivity contribution in [3.05, 3.63) is 0 Å². The van der Waals surface area contributed by atoms with Gasteiger partial charge in [-0.25, -0.2) is 4.68 Å². The zero-order valence-corrected chi connectivity index (χ0v) is 11.1. The largest absolute Gasteiger partial charge is 0.312 e. The van der Waals surface area contributed by atoms with Gasteiger partial charge < -0.3 is 5.32 Å². The number of thioether (sulfide) groups is 2. The first kappa shape index (κ1) is 12.2. The maximum absolute atomic E-state index is 4.03. The van der Waals surface area contributed by atoms with Crippen molar-refractivity contribution in [3.8, 4) is 0 Å². The number of hydrogen-bond acceptors (Lipinski definition) is 6. The molecular formula is C9H17N5S2. The van der Waals surface area contributed by atoms with Gasteiger partial charge in [-0.2, -0.15) is 11.8 Å². The van der Waals surface area contributed by atoms with Crippen LogP contribution in [0.4, 0.5) is 0 Å². The molecule has 1 fully saturated rings. The number of nitrogens with zero attached hydrogens (tertiary/aromatic N) is 4. The molecule has 5 nitrogen and oxygen atoms in total. The Labute approximate surface area is 104 Å². The quantitative estimate of drug-likeness (QED) is 0.552. The smallest absolute Gasteiger partial charge is 0.209 e. The summed E-state index contributed by atoms with van der Waals surface area (Å²) in [7, 11) is 0. The van der Waals surface area contributed by atoms with E-state index in [4.69, 9.17) is 0 Å². The third kappa shape index (κ3) is 3.95. The normalized spacial score (nSPS) is 15.6. The summed E-state index contributed by atoms with van der Waals surface area (Å²) < 4.78 is 1.89. The standard InChI is InChI=1S/C9H17N5S2/c1-15-6-7-16-9-11-12-13-14(9)5-4-10-8-2-3-8/h8,10H,2-7H2,1H3. The molecular weight excluding hydrogens is 242 g/mol. The van der Waals surface area contributed by atoms with Gasteiger partial charge in [-0.3, -0.25) is 0 Å². The predicted octanol–water partition coefficient (Wildman–Crippen LogP) is 0.880. The highest BCUT2D eigenvalue weighted by Gasteiger charge is 2.19. The van der Waals surface area contributed by atoms with Crippen molar-refractivity contribution in [1.29, 1.82) is 0 Å². The Morgan fingerprint density at radius 3 is 3.06 bits per heavy atom. The van der Waals surface area contributed by atoms with Crippen LogP contribution in [0.3, 0.4) is 0 Å². The van der Waals surface area contributed by atoms with Gasteiger partial charge in [0.05, 0.1) is 6.54 Å². The molecule has 1 N–H and O–H groups in total. The number of rotatable bonds is 8. The molecule has 1 saturated carbocycles. The van der Waals surface area contributed by atoms with Crippen molar-refractivity contribution >= 4 is 23.5 Å². The van der Waals surface area contributed by atoms with Crippen LogP contribution in [0.15, 0.2) is 5.16 Å². The van der Waals surface area contributed by atoms with Gasteiger partial charge >= 0.3 is 0 Å². The van der Waals surface area contributed by atoms with E-state index in [1.807, 2.05) is 16.4 Å². The molecule has 1 aliphatic rings. The molecule has 0 aliphatic heterocycles. The van der Waals surface area contributed by atoms with E-state index in [1.165, 1.54) is 12.8 Å². The zero-order valence-electron chi connectivity index (χ0n) is 9.43. The van der Waals surface area contributed by atoms with Gasteiger partial charge in [0.25, 0.3) is 0 Å². The first-order valence-electron chi connectivity index (χ1n) is 5.51. The molecule has 1 heterocycles. The maximum atomic E-state index is 4.03. The molecule has 0 spiro atoms. The number of nitrogens with one attached hydrogen (secondary N) is 1. The molecule has 0 saturated heterocycles. The van der Waals surface area contributed by atoms with Crippen molar-refractivity contribution in [2.24, 2.45) is 0 Å². The lowest BCUT2D eigenvalue weighted by molar-refractivity contribution is 0.510. The summed E-state index contributed by atoms with van der Waals surface area (Å²) in [5.74, 6) is 2.20. The summed E-state index contributed by atoms with van der Waals surface area (Å²) in [4.78, 5) is 0. The molecule has 0 amide bonds. The zero-order chi connectivity index (χ0) is 11.2. The summed E-state index contributed by atoms with van der Waals surface area (Å²) >= 11 is 3.58. The maximum Gasteiger partial charge on any atom is 0.209 e. The van der Waals surface area contributed by atoms with Crippen LogP contribution in [0.2, 0.25) is 0 Å². The van der Waals surface area contributed by atoms with Gasteiger partial charge in [0.1, 0.15) is 0 Å². The van der Waals surface area contributed by atoms with Crippen molar-refractivity contribution in [1.82, 2.24) is 25.5 Å². The van der Waals surface area contributed by atoms with Gasteiger partial charge in [0, 0.05) is 24.1 Å². The molecule has 0 aromatic carbocycles. The molecule has 1 aromatic rings. The fraction of sp³-hybridized carbons (Fsp3) is 0.889. The van der Waals surface area contributed by atoms with Crippen LogP contribution in [-0.2, 0) is 6.54 Å². The van der Waals surface area contributed by atoms with Gasteiger partial charge in [-0.1, -0.05) is 11.8 Å². The number of aromatic nitrogens is 4. The Morgan fingerprint density at radius 2 is 2.31 bits per heavy atom. The number of hydrogen-bond donors (Lipinski definition) is 1. The fourth-order valence-corrected chi connectivity index (χ4v) is 2.87. The summed E-state index contributed by atoms with van der Waals surface area (Å²) in [6.45, 7) is 1.83. The molecule has 1 aromatic heterocycles. The highest BCUT2D eigenvalue weighted by Crippen LogP contribution is 2.18. The Kier molecular flexibility index (Phi) is 4.92. The Balaban J connectivity index is 1.71. The first-order valence-corrected chi connectivity index (χ1v) is 7.89. The van der Waals surface area contributed by atoms with Crippen LogP contribution < -0.4 is 5.32 Å². The molecule has 90 valence electrons. The minimum atomic E-state index is 0.754. The van der Waals surface area contributed by atoms with E-state index in [9.17, 15) is 0 Å². The molecule has 7 heteroatoms. The summed E-state index contributed by atoms with van der Waals surface area (Å²) in [6, 6.07) is 0.754. The van der Waals surface area contributed by atoms with Crippen LogP contribution in [0.25, 0.3) is 0 Å². The van der Waals surface area contributed by atoms with Gasteiger partial charge in [-0.15, -0.1) is 5.10 Å². The average molecular weight is 259 g/mol. The van der Waals surface area contributed by atoms with E-state index >= 15 is 0 Å². The molecule has 0 atom stereocenters. The summed E-state index contributed by atoms with van der Waals surface area (Å²) in [5.41, 5.74) is 0. The Hall–Kier alpha value is -0.270. The van der Waals surface area contributed by atoms with Crippen LogP contribution in [0, 0.1) is 0 Å². The Bertz CT molecular complexity index is 313. The molecule has 0 bridgehead atoms. The van der Waals surface area contributed by atoms with E-state index < -0.39 is 0 Å². The van der Waals surface area contributed by atoms with Crippen molar-refractivity contribution in [2.75, 3.05) is 24.3 Å². The first-order chi connectivity index (χ1) is 7.90. The lowest BCUT2D eigenvalue weighted by atomic mass is 10.6. The second-order valence-electron chi connectivity index (χ2n) is 3.75. The third-order valence-electron chi connectivity index (χ3n) is 2.35. The highest BCUT2D eigenvalue weighted by atomic mass is 32.2. The van der Waals surface area contributed by atoms with Gasteiger partial charge in [0.15, 0.2) is 0 Å². The summed E-state index contributed by atoms with van der Waals surface area (Å²) in [6.07, 6.45) is 4.76. The van der Waals surface area contributed by atoms with E-state index in [0.717, 1.165) is 35.8 Å². The van der Waals surface area contributed by atoms with Crippen molar-refractivity contribution in [2.45, 2.75) is 30.6 Å². The second kappa shape index (κ2) is 6.46. The molecule has 16 heavy (non-hydrogen) atoms. The van der Waals surface area contributed by atoms with E-state index in [1.54, 1.807) is 11.8 Å². The van der Waals surface area contributed by atoms with Crippen molar-refractivity contribution in [3.63, 3.8) is 0 Å². The summed E-state index contributed by atoms with van der Waals surface area (Å²) in [5, 5.41) is 16.1. The SMILES string of the molecule is CSCCSc1nnnn1CCNC1CC1. The molecule has 0 radical (unpaired) electrons. The van der Waals surface area contributed by atoms with E-state index in [0.29, 0.717) is 0 Å². The Morgan fingerprint density at radius 1 is 1.44 bits per heavy atom. The van der Waals surface area contributed by atoms with Crippen LogP contribution in [-0.4, -0.2) is 50.6 Å². The molecule has 2 rings (SSSR count). The topological polar surface area (TPSA) is 55.6 Å². The van der Waals surface area contributed by atoms with Crippen LogP contribution in [0.5, 0.6) is 0 Å². The minimum absolute atomic E-state index is 0.754. The lowest BCUT2D eigenvalue weighted by Crippen LogP contribution is -2.22. The van der Waals surface area contributed by atoms with E-state index in [2.05, 4.69) is 27.1 Å². The molecule has 0 unspecified atom stereocenters. The van der Waals surface area contributed by atoms with Crippen LogP contribution >= 0.6 is 23.5 Å². The van der Waals surface area contributed by atoms with Crippen molar-refractivity contribution < 1.29 is 0 Å². The molecule has 1 aliphatic carbocycles. The monoisotopic (exact) mass is 259 g/mol. The fourth-order valence-electron chi connectivity index (χ4n) is 1.32. The highest BCUT2D eigenvalue weighted by molar-refractivity contribution is 8.02. The average Bonchev–Trinajstić information content (AvgIpc) is 3.00. The van der Waals surface area contributed by atoms with Gasteiger partial charge in [0.2, 0.25) is 5.16 Å². The number of tetrazole rings is 1. The third-order valence-corrected chi connectivity index (χ3v) is 4.18. The minimum Gasteiger partial charge on any atom is -0.312 e. The predicted molar refractivity (Wildman–Crippen MR) is 67.9 cm³/mol.